The van der Waals surface area contributed by atoms with Crippen molar-refractivity contribution >= 4 is 68.6 Å². The minimum Gasteiger partial charge on any atom is -0.306 e. The van der Waals surface area contributed by atoms with E-state index in [1.165, 1.54) is 199 Å². The molecule has 0 N–H and O–H groups in total. The maximum Gasteiger partial charge on any atom is 0.261 e. The second-order valence-corrected chi connectivity index (χ2v) is 25.0. The Labute approximate surface area is 442 Å². The summed E-state index contributed by atoms with van der Waals surface area (Å²) >= 11 is 7.04. The zero-order chi connectivity index (χ0) is 49.2. The number of carbonyl (C=O) groups is 2. The molecule has 6 heterocycles. The van der Waals surface area contributed by atoms with E-state index in [4.69, 9.17) is 0 Å². The van der Waals surface area contributed by atoms with Gasteiger partial charge in [-0.2, -0.15) is 0 Å². The first kappa shape index (κ1) is 56.5. The zero-order valence-electron chi connectivity index (χ0n) is 44.3. The third-order valence-corrected chi connectivity index (χ3v) is 19.4. The molecule has 0 radical (unpaired) electrons. The highest BCUT2D eigenvalue weighted by molar-refractivity contribution is 7.22. The van der Waals surface area contributed by atoms with Crippen LogP contribution in [0.4, 0.5) is 0 Å². The lowest BCUT2D eigenvalue weighted by Crippen LogP contribution is -2.34. The fourth-order valence-electron chi connectivity index (χ4n) is 11.0. The molecule has 0 saturated heterocycles. The molecule has 2 amide bonds. The van der Waals surface area contributed by atoms with Crippen LogP contribution < -0.4 is 0 Å². The van der Waals surface area contributed by atoms with Crippen LogP contribution in [-0.2, 0) is 9.59 Å². The molecule has 6 rings (SSSR count). The summed E-state index contributed by atoms with van der Waals surface area (Å²) in [5.41, 5.74) is 3.10. The highest BCUT2D eigenvalue weighted by Crippen LogP contribution is 2.51. The number of amides is 2. The van der Waals surface area contributed by atoms with Crippen molar-refractivity contribution in [3.63, 3.8) is 0 Å². The number of fused-ring (bicyclic) bond motifs is 1. The molecule has 0 spiro atoms. The number of carbonyl (C=O) groups excluding carboxylic acids is 2. The maximum absolute atomic E-state index is 15.8. The van der Waals surface area contributed by atoms with Gasteiger partial charge < -0.3 is 9.80 Å². The number of unbranched alkanes of at least 4 members (excludes halogenated alkanes) is 24. The average Bonchev–Trinajstić information content (AvgIpc) is 4.25. The van der Waals surface area contributed by atoms with Gasteiger partial charge in [0.2, 0.25) is 0 Å². The molecule has 2 aliphatic rings. The summed E-state index contributed by atoms with van der Waals surface area (Å²) in [6.07, 6.45) is 40.8. The molecule has 4 nitrogen and oxygen atoms in total. The Morgan fingerprint density at radius 3 is 0.929 bits per heavy atom. The fourth-order valence-corrected chi connectivity index (χ4v) is 14.8. The zero-order valence-corrected chi connectivity index (χ0v) is 47.6. The van der Waals surface area contributed by atoms with Crippen LogP contribution in [0.5, 0.6) is 0 Å². The number of thiophene rings is 4. The molecule has 70 heavy (non-hydrogen) atoms. The minimum atomic E-state index is 0.0485. The van der Waals surface area contributed by atoms with Crippen molar-refractivity contribution in [3.05, 3.63) is 80.2 Å². The van der Waals surface area contributed by atoms with Gasteiger partial charge in [-0.25, -0.2) is 0 Å². The van der Waals surface area contributed by atoms with Crippen molar-refractivity contribution in [2.45, 2.75) is 233 Å². The molecule has 2 unspecified atom stereocenters. The summed E-state index contributed by atoms with van der Waals surface area (Å²) in [5, 5.41) is 4.29. The second-order valence-electron chi connectivity index (χ2n) is 20.9. The standard InChI is InChI=1S/C62H92N2O2S4/c1-5-9-13-17-21-23-27-31-37-49(35-29-25-19-15-11-7-3)47-63-59(55-43-41-53(69-55)51-39-33-45-67-51)57-58(61(63)65)60(56-44-42-54(70-56)52-40-34-46-68-52)64(62(57)66)48-50(36-30-26-20-16-12-8-4)38-32-28-24-22-18-14-10-6-2/h33-34,39-46,49-50H,5-32,35-38,47-48H2,1-4H3. The number of nitrogens with zero attached hydrogens (tertiary/aromatic N) is 2. The smallest absolute Gasteiger partial charge is 0.261 e. The third-order valence-electron chi connectivity index (χ3n) is 15.1. The van der Waals surface area contributed by atoms with Gasteiger partial charge in [-0.1, -0.05) is 220 Å². The lowest BCUT2D eigenvalue weighted by atomic mass is 9.93. The highest BCUT2D eigenvalue weighted by Gasteiger charge is 2.50. The van der Waals surface area contributed by atoms with Gasteiger partial charge in [0.1, 0.15) is 0 Å². The quantitative estimate of drug-likeness (QED) is 0.0417. The predicted octanol–water partition coefficient (Wildman–Crippen LogP) is 20.9. The van der Waals surface area contributed by atoms with Crippen molar-refractivity contribution in [1.82, 2.24) is 9.80 Å². The van der Waals surface area contributed by atoms with Gasteiger partial charge in [-0.15, -0.1) is 45.3 Å². The largest absolute Gasteiger partial charge is 0.306 e. The lowest BCUT2D eigenvalue weighted by Gasteiger charge is -2.29. The predicted molar refractivity (Wildman–Crippen MR) is 310 cm³/mol. The first-order chi connectivity index (χ1) is 34.5. The van der Waals surface area contributed by atoms with Crippen molar-refractivity contribution in [2.24, 2.45) is 11.8 Å². The Bertz CT molecular complexity index is 1970. The number of hydrogen-bond donors (Lipinski definition) is 0. The van der Waals surface area contributed by atoms with Gasteiger partial charge in [-0.3, -0.25) is 9.59 Å². The van der Waals surface area contributed by atoms with E-state index in [9.17, 15) is 0 Å². The summed E-state index contributed by atoms with van der Waals surface area (Å²) in [6, 6.07) is 17.5. The van der Waals surface area contributed by atoms with Crippen LogP contribution in [0.3, 0.4) is 0 Å². The molecule has 0 bridgehead atoms. The fraction of sp³-hybridized carbons (Fsp3) is 0.645. The molecule has 0 aromatic carbocycles. The van der Waals surface area contributed by atoms with E-state index >= 15 is 9.59 Å². The molecule has 2 aliphatic heterocycles. The molecular formula is C62H92N2O2S4. The topological polar surface area (TPSA) is 40.6 Å². The van der Waals surface area contributed by atoms with Crippen LogP contribution in [-0.4, -0.2) is 34.7 Å². The van der Waals surface area contributed by atoms with Crippen LogP contribution in [0.2, 0.25) is 0 Å². The number of rotatable bonds is 40. The first-order valence-electron chi connectivity index (χ1n) is 28.9. The van der Waals surface area contributed by atoms with Gasteiger partial charge in [0, 0.05) is 32.6 Å². The van der Waals surface area contributed by atoms with E-state index in [-0.39, 0.29) is 11.8 Å². The Kier molecular flexibility index (Phi) is 26.2. The Balaban J connectivity index is 1.34. The van der Waals surface area contributed by atoms with Crippen LogP contribution in [0, 0.1) is 11.8 Å². The first-order valence-corrected chi connectivity index (χ1v) is 32.3. The van der Waals surface area contributed by atoms with E-state index in [2.05, 4.69) is 96.8 Å². The minimum absolute atomic E-state index is 0.0485. The monoisotopic (exact) mass is 1020 g/mol. The average molecular weight is 1030 g/mol. The van der Waals surface area contributed by atoms with Crippen LogP contribution >= 0.6 is 45.3 Å². The van der Waals surface area contributed by atoms with Crippen molar-refractivity contribution in [2.75, 3.05) is 13.1 Å². The second kappa shape index (κ2) is 32.4. The molecule has 0 aliphatic carbocycles. The van der Waals surface area contributed by atoms with Crippen molar-refractivity contribution < 1.29 is 9.59 Å². The number of hydrogen-bond acceptors (Lipinski definition) is 6. The molecule has 2 atom stereocenters. The summed E-state index contributed by atoms with van der Waals surface area (Å²) in [7, 11) is 0. The molecule has 4 aromatic rings. The van der Waals surface area contributed by atoms with E-state index in [1.807, 2.05) is 0 Å². The normalized spacial score (nSPS) is 14.9. The van der Waals surface area contributed by atoms with Crippen LogP contribution in [0.25, 0.3) is 30.9 Å². The SMILES string of the molecule is CCCCCCCCCCC(CCCCCCCC)CN1C(=O)C2=C(c3ccc(-c4cccs4)s3)N(CC(CCCCCCCC)CCCCCCCCCC)C(=O)C2=C1c1ccc(-c2cccs2)s1. The van der Waals surface area contributed by atoms with E-state index in [1.54, 1.807) is 45.3 Å². The Hall–Kier alpha value is -2.78. The van der Waals surface area contributed by atoms with Crippen LogP contribution in [0.1, 0.15) is 243 Å². The van der Waals surface area contributed by atoms with Crippen LogP contribution in [0.15, 0.2) is 70.4 Å². The molecule has 8 heteroatoms. The van der Waals surface area contributed by atoms with Gasteiger partial charge in [-0.05, 0) is 84.7 Å². The third kappa shape index (κ3) is 17.2. The van der Waals surface area contributed by atoms with E-state index < -0.39 is 0 Å². The van der Waals surface area contributed by atoms with E-state index in [0.29, 0.717) is 36.1 Å². The Morgan fingerprint density at radius 2 is 0.643 bits per heavy atom. The van der Waals surface area contributed by atoms with Gasteiger partial charge in [0.15, 0.2) is 0 Å². The van der Waals surface area contributed by atoms with E-state index in [0.717, 1.165) is 46.8 Å². The van der Waals surface area contributed by atoms with Crippen molar-refractivity contribution in [3.8, 4) is 19.5 Å². The highest BCUT2D eigenvalue weighted by atomic mass is 32.1. The maximum atomic E-state index is 15.8. The molecule has 386 valence electrons. The molecule has 0 saturated carbocycles. The van der Waals surface area contributed by atoms with Crippen molar-refractivity contribution in [1.29, 1.82) is 0 Å². The molecule has 4 aromatic heterocycles. The van der Waals surface area contributed by atoms with Gasteiger partial charge in [0.05, 0.1) is 32.3 Å². The summed E-state index contributed by atoms with van der Waals surface area (Å²) in [6.45, 7) is 10.6. The molecule has 0 fully saturated rings. The Morgan fingerprint density at radius 1 is 0.357 bits per heavy atom. The summed E-state index contributed by atoms with van der Waals surface area (Å²) in [5.74, 6) is 0.897. The summed E-state index contributed by atoms with van der Waals surface area (Å²) < 4.78 is 0. The summed E-state index contributed by atoms with van der Waals surface area (Å²) in [4.78, 5) is 42.8. The molecular weight excluding hydrogens is 933 g/mol. The van der Waals surface area contributed by atoms with Gasteiger partial charge in [0.25, 0.3) is 11.8 Å². The van der Waals surface area contributed by atoms with Gasteiger partial charge >= 0.3 is 0 Å². The lowest BCUT2D eigenvalue weighted by molar-refractivity contribution is -0.124.